The van der Waals surface area contributed by atoms with Gasteiger partial charge in [0.2, 0.25) is 0 Å². The SMILES string of the molecule is CCOC(=O)C1CC[C@H](C)[C@@H]2C[C@@H](O)[C@H](C)[C@H]2C1=O. The first-order valence-corrected chi connectivity index (χ1v) is 7.35. The Balaban J connectivity index is 2.23. The largest absolute Gasteiger partial charge is 0.465 e. The molecule has 2 aliphatic carbocycles. The van der Waals surface area contributed by atoms with Crippen LogP contribution in [-0.2, 0) is 14.3 Å². The lowest BCUT2D eigenvalue weighted by molar-refractivity contribution is -0.153. The maximum atomic E-state index is 12.6. The van der Waals surface area contributed by atoms with Crippen LogP contribution in [0.5, 0.6) is 0 Å². The van der Waals surface area contributed by atoms with Crippen LogP contribution < -0.4 is 0 Å². The van der Waals surface area contributed by atoms with E-state index in [9.17, 15) is 14.7 Å². The zero-order valence-electron chi connectivity index (χ0n) is 12.0. The van der Waals surface area contributed by atoms with E-state index in [1.807, 2.05) is 6.92 Å². The number of rotatable bonds is 2. The lowest BCUT2D eigenvalue weighted by Gasteiger charge is -2.24. The summed E-state index contributed by atoms with van der Waals surface area (Å²) in [5, 5.41) is 10.0. The summed E-state index contributed by atoms with van der Waals surface area (Å²) in [5.74, 6) is -0.627. The van der Waals surface area contributed by atoms with Gasteiger partial charge in [-0.1, -0.05) is 13.8 Å². The first-order valence-electron chi connectivity index (χ1n) is 7.35. The second-order valence-electron chi connectivity index (χ2n) is 6.11. The Kier molecular flexibility index (Phi) is 4.29. The predicted molar refractivity (Wildman–Crippen MR) is 70.3 cm³/mol. The number of aliphatic hydroxyl groups is 1. The minimum absolute atomic E-state index is 0.00292. The summed E-state index contributed by atoms with van der Waals surface area (Å²) >= 11 is 0. The fourth-order valence-corrected chi connectivity index (χ4v) is 3.82. The fourth-order valence-electron chi connectivity index (χ4n) is 3.82. The van der Waals surface area contributed by atoms with E-state index in [-0.39, 0.29) is 29.5 Å². The van der Waals surface area contributed by atoms with E-state index in [1.54, 1.807) is 6.92 Å². The molecule has 1 unspecified atom stereocenters. The van der Waals surface area contributed by atoms with Crippen LogP contribution >= 0.6 is 0 Å². The quantitative estimate of drug-likeness (QED) is 0.612. The maximum Gasteiger partial charge on any atom is 0.316 e. The van der Waals surface area contributed by atoms with Crippen molar-refractivity contribution in [1.29, 1.82) is 0 Å². The van der Waals surface area contributed by atoms with Gasteiger partial charge in [0.1, 0.15) is 5.92 Å². The molecule has 2 aliphatic rings. The predicted octanol–water partition coefficient (Wildman–Crippen LogP) is 1.80. The van der Waals surface area contributed by atoms with Crippen LogP contribution in [0.4, 0.5) is 0 Å². The van der Waals surface area contributed by atoms with Crippen molar-refractivity contribution < 1.29 is 19.4 Å². The van der Waals surface area contributed by atoms with Gasteiger partial charge in [0.25, 0.3) is 0 Å². The molecule has 0 saturated heterocycles. The standard InChI is InChI=1S/C15H24O4/c1-4-19-15(18)10-6-5-8(2)11-7-12(16)9(3)13(11)14(10)17/h8-13,16H,4-7H2,1-3H3/t8-,9-,10?,11-,12+,13+/m0/s1. The van der Waals surface area contributed by atoms with E-state index in [2.05, 4.69) is 6.92 Å². The summed E-state index contributed by atoms with van der Waals surface area (Å²) < 4.78 is 5.03. The lowest BCUT2D eigenvalue weighted by Crippen LogP contribution is -2.34. The molecule has 6 atom stereocenters. The van der Waals surface area contributed by atoms with Gasteiger partial charge in [-0.25, -0.2) is 0 Å². The Labute approximate surface area is 114 Å². The van der Waals surface area contributed by atoms with Crippen molar-refractivity contribution in [2.75, 3.05) is 6.61 Å². The highest BCUT2D eigenvalue weighted by molar-refractivity contribution is 6.00. The molecule has 0 bridgehead atoms. The van der Waals surface area contributed by atoms with Gasteiger partial charge in [0.05, 0.1) is 12.7 Å². The molecule has 0 spiro atoms. The van der Waals surface area contributed by atoms with Crippen molar-refractivity contribution in [2.45, 2.75) is 46.1 Å². The molecule has 19 heavy (non-hydrogen) atoms. The highest BCUT2D eigenvalue weighted by atomic mass is 16.5. The van der Waals surface area contributed by atoms with Crippen LogP contribution in [0.2, 0.25) is 0 Å². The number of ketones is 1. The first kappa shape index (κ1) is 14.5. The summed E-state index contributed by atoms with van der Waals surface area (Å²) in [5.41, 5.74) is 0. The van der Waals surface area contributed by atoms with Gasteiger partial charge in [-0.2, -0.15) is 0 Å². The molecule has 0 aliphatic heterocycles. The second-order valence-corrected chi connectivity index (χ2v) is 6.11. The Morgan fingerprint density at radius 1 is 1.37 bits per heavy atom. The monoisotopic (exact) mass is 268 g/mol. The minimum Gasteiger partial charge on any atom is -0.465 e. The third-order valence-electron chi connectivity index (χ3n) is 5.03. The molecule has 0 heterocycles. The Hall–Kier alpha value is -0.900. The van der Waals surface area contributed by atoms with Crippen molar-refractivity contribution in [2.24, 2.45) is 29.6 Å². The molecule has 2 rings (SSSR count). The molecule has 1 N–H and O–H groups in total. The van der Waals surface area contributed by atoms with E-state index in [0.717, 1.165) is 6.42 Å². The number of hydrogen-bond donors (Lipinski definition) is 1. The summed E-state index contributed by atoms with van der Waals surface area (Å²) in [6.45, 7) is 6.12. The molecule has 0 aromatic rings. The first-order chi connectivity index (χ1) is 8.97. The van der Waals surface area contributed by atoms with Gasteiger partial charge in [0.15, 0.2) is 5.78 Å². The molecule has 0 aromatic carbocycles. The fraction of sp³-hybridized carbons (Fsp3) is 0.867. The topological polar surface area (TPSA) is 63.6 Å². The Morgan fingerprint density at radius 2 is 2.05 bits per heavy atom. The molecule has 0 aromatic heterocycles. The highest BCUT2D eigenvalue weighted by Gasteiger charge is 2.50. The van der Waals surface area contributed by atoms with Crippen LogP contribution in [0, 0.1) is 29.6 Å². The van der Waals surface area contributed by atoms with Crippen LogP contribution in [0.3, 0.4) is 0 Å². The van der Waals surface area contributed by atoms with Crippen molar-refractivity contribution in [3.05, 3.63) is 0 Å². The van der Waals surface area contributed by atoms with Gasteiger partial charge < -0.3 is 9.84 Å². The maximum absolute atomic E-state index is 12.6. The molecule has 2 fully saturated rings. The normalized spacial score (nSPS) is 42.6. The third-order valence-corrected chi connectivity index (χ3v) is 5.03. The minimum atomic E-state index is -0.620. The number of fused-ring (bicyclic) bond motifs is 1. The molecule has 4 nitrogen and oxygen atoms in total. The average molecular weight is 268 g/mol. The van der Waals surface area contributed by atoms with Gasteiger partial charge in [-0.05, 0) is 43.9 Å². The zero-order valence-corrected chi connectivity index (χ0v) is 12.0. The van der Waals surface area contributed by atoms with Crippen LogP contribution in [0.25, 0.3) is 0 Å². The van der Waals surface area contributed by atoms with Gasteiger partial charge in [0, 0.05) is 5.92 Å². The summed E-state index contributed by atoms with van der Waals surface area (Å²) in [6, 6.07) is 0. The molecule has 2 saturated carbocycles. The van der Waals surface area contributed by atoms with E-state index < -0.39 is 12.0 Å². The van der Waals surface area contributed by atoms with E-state index >= 15 is 0 Å². The lowest BCUT2D eigenvalue weighted by atomic mass is 9.79. The number of Topliss-reactive ketones (excluding diaryl/α,β-unsaturated/α-hetero) is 1. The molecule has 4 heteroatoms. The molecular weight excluding hydrogens is 244 g/mol. The van der Waals surface area contributed by atoms with Crippen LogP contribution in [-0.4, -0.2) is 29.6 Å². The van der Waals surface area contributed by atoms with Gasteiger partial charge >= 0.3 is 5.97 Å². The number of esters is 1. The average Bonchev–Trinajstić information content (AvgIpc) is 2.59. The summed E-state index contributed by atoms with van der Waals surface area (Å²) in [6.07, 6.45) is 1.72. The van der Waals surface area contributed by atoms with Crippen molar-refractivity contribution in [1.82, 2.24) is 0 Å². The number of ether oxygens (including phenoxy) is 1. The number of carbonyl (C=O) groups excluding carboxylic acids is 2. The third kappa shape index (κ3) is 2.55. The van der Waals surface area contributed by atoms with Gasteiger partial charge in [-0.15, -0.1) is 0 Å². The molecule has 108 valence electrons. The molecule has 0 amide bonds. The number of aliphatic hydroxyl groups excluding tert-OH is 1. The summed E-state index contributed by atoms with van der Waals surface area (Å²) in [7, 11) is 0. The highest BCUT2D eigenvalue weighted by Crippen LogP contribution is 2.47. The molecule has 0 radical (unpaired) electrons. The smallest absolute Gasteiger partial charge is 0.316 e. The zero-order chi connectivity index (χ0) is 14.2. The van der Waals surface area contributed by atoms with Crippen LogP contribution in [0.1, 0.15) is 40.0 Å². The second kappa shape index (κ2) is 5.61. The van der Waals surface area contributed by atoms with Crippen molar-refractivity contribution >= 4 is 11.8 Å². The van der Waals surface area contributed by atoms with E-state index in [1.165, 1.54) is 0 Å². The number of carbonyl (C=O) groups is 2. The van der Waals surface area contributed by atoms with Crippen LogP contribution in [0.15, 0.2) is 0 Å². The number of hydrogen-bond acceptors (Lipinski definition) is 4. The van der Waals surface area contributed by atoms with Crippen molar-refractivity contribution in [3.63, 3.8) is 0 Å². The molecular formula is C15H24O4. The Morgan fingerprint density at radius 3 is 2.68 bits per heavy atom. The summed E-state index contributed by atoms with van der Waals surface area (Å²) in [4.78, 5) is 24.6. The van der Waals surface area contributed by atoms with E-state index in [0.29, 0.717) is 25.4 Å². The van der Waals surface area contributed by atoms with Crippen molar-refractivity contribution in [3.8, 4) is 0 Å². The Bertz CT molecular complexity index is 365. The van der Waals surface area contributed by atoms with E-state index in [4.69, 9.17) is 4.74 Å². The van der Waals surface area contributed by atoms with Gasteiger partial charge in [-0.3, -0.25) is 9.59 Å².